The zero-order valence-electron chi connectivity index (χ0n) is 15.0. The van der Waals surface area contributed by atoms with Crippen LogP contribution in [-0.4, -0.2) is 46.4 Å². The second-order valence-corrected chi connectivity index (χ2v) is 7.03. The fraction of sp³-hybridized carbons (Fsp3) is 0.588. The molecule has 130 valence electrons. The van der Waals surface area contributed by atoms with Gasteiger partial charge in [-0.15, -0.1) is 10.2 Å². The van der Waals surface area contributed by atoms with Crippen LogP contribution in [0, 0.1) is 5.41 Å². The van der Waals surface area contributed by atoms with Gasteiger partial charge in [-0.25, -0.2) is 0 Å². The number of hydrogen-bond acceptors (Lipinski definition) is 4. The van der Waals surface area contributed by atoms with Crippen LogP contribution < -0.4 is 10.6 Å². The Bertz CT molecular complexity index is 752. The van der Waals surface area contributed by atoms with Crippen molar-refractivity contribution in [3.05, 3.63) is 30.2 Å². The van der Waals surface area contributed by atoms with Crippen molar-refractivity contribution in [1.29, 1.82) is 0 Å². The van der Waals surface area contributed by atoms with Crippen LogP contribution in [0.15, 0.2) is 29.4 Å². The molecular formula is C17H26N6O. The minimum Gasteiger partial charge on any atom is -0.378 e. The van der Waals surface area contributed by atoms with Crippen molar-refractivity contribution in [2.45, 2.75) is 45.4 Å². The van der Waals surface area contributed by atoms with Gasteiger partial charge in [0.05, 0.1) is 12.1 Å². The van der Waals surface area contributed by atoms with Crippen molar-refractivity contribution in [2.75, 3.05) is 14.2 Å². The molecule has 1 fully saturated rings. The van der Waals surface area contributed by atoms with Crippen molar-refractivity contribution in [3.63, 3.8) is 0 Å². The SMILES string of the molecule is CN=C(NCc1nnc2ccccn12)NC1CC(C)(OC)C1(C)C. The van der Waals surface area contributed by atoms with Gasteiger partial charge < -0.3 is 15.4 Å². The van der Waals surface area contributed by atoms with Crippen molar-refractivity contribution in [2.24, 2.45) is 10.4 Å². The molecule has 2 unspecified atom stereocenters. The summed E-state index contributed by atoms with van der Waals surface area (Å²) in [6.45, 7) is 7.15. The number of methoxy groups -OCH3 is 1. The van der Waals surface area contributed by atoms with Gasteiger partial charge in [-0.3, -0.25) is 9.39 Å². The zero-order valence-corrected chi connectivity index (χ0v) is 15.0. The molecule has 2 aromatic rings. The third kappa shape index (κ3) is 2.62. The van der Waals surface area contributed by atoms with E-state index in [4.69, 9.17) is 4.74 Å². The molecule has 0 spiro atoms. The third-order valence-electron chi connectivity index (χ3n) is 5.61. The molecule has 2 aromatic heterocycles. The summed E-state index contributed by atoms with van der Waals surface area (Å²) in [6.07, 6.45) is 2.91. The van der Waals surface area contributed by atoms with Gasteiger partial charge in [0, 0.05) is 31.8 Å². The van der Waals surface area contributed by atoms with E-state index in [0.29, 0.717) is 12.6 Å². The lowest BCUT2D eigenvalue weighted by Gasteiger charge is -2.59. The van der Waals surface area contributed by atoms with Crippen LogP contribution in [0.25, 0.3) is 5.65 Å². The molecule has 1 saturated carbocycles. The van der Waals surface area contributed by atoms with E-state index >= 15 is 0 Å². The first-order valence-electron chi connectivity index (χ1n) is 8.22. The normalized spacial score (nSPS) is 26.2. The molecule has 2 heterocycles. The Morgan fingerprint density at radius 1 is 1.38 bits per heavy atom. The van der Waals surface area contributed by atoms with Crippen LogP contribution in [0.5, 0.6) is 0 Å². The second kappa shape index (κ2) is 6.05. The molecule has 1 aliphatic carbocycles. The van der Waals surface area contributed by atoms with Crippen LogP contribution in [0.2, 0.25) is 0 Å². The van der Waals surface area contributed by atoms with E-state index in [1.165, 1.54) is 0 Å². The Morgan fingerprint density at radius 2 is 2.17 bits per heavy atom. The highest BCUT2D eigenvalue weighted by atomic mass is 16.5. The number of nitrogens with one attached hydrogen (secondary N) is 2. The summed E-state index contributed by atoms with van der Waals surface area (Å²) in [4.78, 5) is 4.32. The third-order valence-corrected chi connectivity index (χ3v) is 5.61. The number of nitrogens with zero attached hydrogens (tertiary/aromatic N) is 4. The fourth-order valence-electron chi connectivity index (χ4n) is 3.26. The van der Waals surface area contributed by atoms with E-state index in [0.717, 1.165) is 23.9 Å². The number of rotatable bonds is 4. The molecule has 0 aliphatic heterocycles. The van der Waals surface area contributed by atoms with Gasteiger partial charge in [0.15, 0.2) is 17.4 Å². The van der Waals surface area contributed by atoms with Gasteiger partial charge in [0.1, 0.15) is 0 Å². The Hall–Kier alpha value is -2.15. The molecule has 7 nitrogen and oxygen atoms in total. The maximum absolute atomic E-state index is 5.68. The van der Waals surface area contributed by atoms with Gasteiger partial charge in [-0.05, 0) is 25.5 Å². The number of ether oxygens (including phenoxy) is 1. The average Bonchev–Trinajstić information content (AvgIpc) is 3.00. The second-order valence-electron chi connectivity index (χ2n) is 7.03. The Labute approximate surface area is 142 Å². The van der Waals surface area contributed by atoms with E-state index in [1.54, 1.807) is 14.2 Å². The fourth-order valence-corrected chi connectivity index (χ4v) is 3.26. The summed E-state index contributed by atoms with van der Waals surface area (Å²) < 4.78 is 7.65. The molecule has 0 amide bonds. The molecule has 0 aromatic carbocycles. The van der Waals surface area contributed by atoms with E-state index < -0.39 is 0 Å². The number of pyridine rings is 1. The number of hydrogen-bond donors (Lipinski definition) is 2. The van der Waals surface area contributed by atoms with Gasteiger partial charge in [-0.2, -0.15) is 0 Å². The van der Waals surface area contributed by atoms with Gasteiger partial charge in [-0.1, -0.05) is 19.9 Å². The molecule has 0 saturated heterocycles. The number of guanidine groups is 1. The standard InChI is InChI=1S/C17H26N6O/c1-16(2)12(10-17(16,3)24-5)20-15(18-4)19-11-14-22-21-13-8-6-7-9-23(13)14/h6-9,12H,10-11H2,1-5H3,(H2,18,19,20). The number of fused-ring (bicyclic) bond motifs is 1. The first-order chi connectivity index (χ1) is 11.4. The molecule has 2 atom stereocenters. The largest absolute Gasteiger partial charge is 0.378 e. The predicted molar refractivity (Wildman–Crippen MR) is 93.9 cm³/mol. The summed E-state index contributed by atoms with van der Waals surface area (Å²) in [5, 5.41) is 15.2. The lowest BCUT2D eigenvalue weighted by atomic mass is 9.56. The summed E-state index contributed by atoms with van der Waals surface area (Å²) in [5.74, 6) is 1.61. The van der Waals surface area contributed by atoms with E-state index in [9.17, 15) is 0 Å². The maximum atomic E-state index is 5.68. The molecule has 0 radical (unpaired) electrons. The monoisotopic (exact) mass is 330 g/mol. The summed E-state index contributed by atoms with van der Waals surface area (Å²) in [6, 6.07) is 6.16. The smallest absolute Gasteiger partial charge is 0.191 e. The average molecular weight is 330 g/mol. The topological polar surface area (TPSA) is 75.8 Å². The lowest BCUT2D eigenvalue weighted by molar-refractivity contribution is -0.176. The van der Waals surface area contributed by atoms with Crippen LogP contribution in [0.4, 0.5) is 0 Å². The maximum Gasteiger partial charge on any atom is 0.191 e. The first-order valence-corrected chi connectivity index (χ1v) is 8.22. The highest BCUT2D eigenvalue weighted by Gasteiger charge is 2.58. The number of aromatic nitrogens is 3. The molecule has 2 N–H and O–H groups in total. The lowest BCUT2D eigenvalue weighted by Crippen LogP contribution is -2.69. The molecule has 7 heteroatoms. The molecule has 3 rings (SSSR count). The molecule has 0 bridgehead atoms. The Morgan fingerprint density at radius 3 is 2.83 bits per heavy atom. The van der Waals surface area contributed by atoms with Crippen molar-refractivity contribution in [3.8, 4) is 0 Å². The number of aliphatic imine (C=N–C) groups is 1. The van der Waals surface area contributed by atoms with Crippen molar-refractivity contribution < 1.29 is 4.74 Å². The summed E-state index contributed by atoms with van der Waals surface area (Å²) >= 11 is 0. The van der Waals surface area contributed by atoms with Crippen LogP contribution >= 0.6 is 0 Å². The first kappa shape index (κ1) is 16.7. The Kier molecular flexibility index (Phi) is 4.21. The molecular weight excluding hydrogens is 304 g/mol. The van der Waals surface area contributed by atoms with Crippen LogP contribution in [0.3, 0.4) is 0 Å². The quantitative estimate of drug-likeness (QED) is 0.658. The van der Waals surface area contributed by atoms with E-state index in [-0.39, 0.29) is 11.0 Å². The van der Waals surface area contributed by atoms with Crippen molar-refractivity contribution >= 4 is 11.6 Å². The van der Waals surface area contributed by atoms with Gasteiger partial charge in [0.2, 0.25) is 0 Å². The minimum absolute atomic E-state index is 0.0287. The van der Waals surface area contributed by atoms with Crippen molar-refractivity contribution in [1.82, 2.24) is 25.2 Å². The molecule has 1 aliphatic rings. The van der Waals surface area contributed by atoms with Gasteiger partial charge in [0.25, 0.3) is 0 Å². The zero-order chi connectivity index (χ0) is 17.4. The summed E-state index contributed by atoms with van der Waals surface area (Å²) in [5.41, 5.74) is 0.765. The predicted octanol–water partition coefficient (Wildman–Crippen LogP) is 1.60. The molecule has 24 heavy (non-hydrogen) atoms. The van der Waals surface area contributed by atoms with E-state index in [2.05, 4.69) is 46.6 Å². The van der Waals surface area contributed by atoms with Gasteiger partial charge >= 0.3 is 0 Å². The minimum atomic E-state index is -0.104. The van der Waals surface area contributed by atoms with E-state index in [1.807, 2.05) is 28.8 Å². The summed E-state index contributed by atoms with van der Waals surface area (Å²) in [7, 11) is 3.56. The highest BCUT2D eigenvalue weighted by Crippen LogP contribution is 2.51. The van der Waals surface area contributed by atoms with Crippen LogP contribution in [-0.2, 0) is 11.3 Å². The highest BCUT2D eigenvalue weighted by molar-refractivity contribution is 5.80. The Balaban J connectivity index is 1.63. The van der Waals surface area contributed by atoms with Crippen LogP contribution in [0.1, 0.15) is 33.0 Å².